The molecule has 1 N–H and O–H groups in total. The number of nitrogens with one attached hydrogen (secondary N) is 1. The first-order chi connectivity index (χ1) is 15.1. The van der Waals surface area contributed by atoms with Gasteiger partial charge in [-0.25, -0.2) is 4.99 Å². The molecule has 1 aliphatic rings. The van der Waals surface area contributed by atoms with E-state index in [1.807, 2.05) is 30.3 Å². The second kappa shape index (κ2) is 8.75. The molecule has 1 aliphatic heterocycles. The third kappa shape index (κ3) is 4.76. The molecule has 164 valence electrons. The number of hydrogen-bond donors (Lipinski definition) is 1. The van der Waals surface area contributed by atoms with E-state index in [2.05, 4.69) is 95.8 Å². The molecule has 1 amide bonds. The lowest BCUT2D eigenvalue weighted by atomic mass is 9.87. The number of aromatic nitrogens is 1. The lowest BCUT2D eigenvalue weighted by molar-refractivity contribution is -0.115. The summed E-state index contributed by atoms with van der Waals surface area (Å²) in [6.45, 7) is 10.8. The molecular weight excluding hydrogens is 482 g/mol. The highest BCUT2D eigenvalue weighted by atomic mass is 79.9. The maximum Gasteiger partial charge on any atom is 0.264 e. The number of benzene rings is 2. The minimum atomic E-state index is -0.120. The smallest absolute Gasteiger partial charge is 0.264 e. The Hall–Kier alpha value is -2.57. The highest BCUT2D eigenvalue weighted by molar-refractivity contribution is 9.10. The number of carbonyl (C=O) groups is 1. The summed E-state index contributed by atoms with van der Waals surface area (Å²) in [5.41, 5.74) is 6.62. The Balaban J connectivity index is 1.61. The summed E-state index contributed by atoms with van der Waals surface area (Å²) in [6.07, 6.45) is 1.95. The van der Waals surface area contributed by atoms with Crippen molar-refractivity contribution in [2.24, 2.45) is 4.99 Å². The van der Waals surface area contributed by atoms with E-state index in [4.69, 9.17) is 0 Å². The van der Waals surface area contributed by atoms with Crippen LogP contribution in [0, 0.1) is 13.8 Å². The van der Waals surface area contributed by atoms with Gasteiger partial charge in [0.15, 0.2) is 5.17 Å². The van der Waals surface area contributed by atoms with Gasteiger partial charge in [-0.05, 0) is 90.7 Å². The Morgan fingerprint density at radius 1 is 1.03 bits per heavy atom. The topological polar surface area (TPSA) is 46.4 Å². The zero-order valence-electron chi connectivity index (χ0n) is 18.9. The van der Waals surface area contributed by atoms with Gasteiger partial charge in [-0.2, -0.15) is 0 Å². The van der Waals surface area contributed by atoms with E-state index in [0.717, 1.165) is 32.8 Å². The quantitative estimate of drug-likeness (QED) is 0.386. The number of amides is 1. The van der Waals surface area contributed by atoms with Crippen molar-refractivity contribution in [3.8, 4) is 5.69 Å². The van der Waals surface area contributed by atoms with Crippen molar-refractivity contribution in [2.75, 3.05) is 0 Å². The summed E-state index contributed by atoms with van der Waals surface area (Å²) in [7, 11) is 0. The number of aliphatic imine (C=N–C) groups is 1. The van der Waals surface area contributed by atoms with E-state index >= 15 is 0 Å². The van der Waals surface area contributed by atoms with Gasteiger partial charge in [0, 0.05) is 21.5 Å². The molecule has 1 aromatic heterocycles. The van der Waals surface area contributed by atoms with Crippen LogP contribution >= 0.6 is 27.7 Å². The number of carbonyl (C=O) groups excluding carboxylic acids is 1. The zero-order valence-corrected chi connectivity index (χ0v) is 21.3. The molecule has 0 saturated carbocycles. The Morgan fingerprint density at radius 2 is 1.69 bits per heavy atom. The molecule has 32 heavy (non-hydrogen) atoms. The van der Waals surface area contributed by atoms with Crippen LogP contribution in [0.25, 0.3) is 11.8 Å². The van der Waals surface area contributed by atoms with Crippen LogP contribution in [0.3, 0.4) is 0 Å². The summed E-state index contributed by atoms with van der Waals surface area (Å²) in [6, 6.07) is 18.5. The number of thioether (sulfide) groups is 1. The van der Waals surface area contributed by atoms with Gasteiger partial charge in [-0.3, -0.25) is 4.79 Å². The lowest BCUT2D eigenvalue weighted by Crippen LogP contribution is -2.19. The first kappa shape index (κ1) is 22.6. The van der Waals surface area contributed by atoms with Crippen LogP contribution in [0.2, 0.25) is 0 Å². The first-order valence-corrected chi connectivity index (χ1v) is 12.1. The molecule has 1 saturated heterocycles. The maximum atomic E-state index is 12.5. The predicted octanol–water partition coefficient (Wildman–Crippen LogP) is 7.05. The third-order valence-electron chi connectivity index (χ3n) is 5.46. The molecule has 4 nitrogen and oxygen atoms in total. The van der Waals surface area contributed by atoms with Crippen molar-refractivity contribution >= 4 is 50.5 Å². The van der Waals surface area contributed by atoms with Gasteiger partial charge in [0.2, 0.25) is 0 Å². The molecule has 3 aromatic rings. The van der Waals surface area contributed by atoms with Gasteiger partial charge in [-0.1, -0.05) is 48.8 Å². The van der Waals surface area contributed by atoms with Crippen molar-refractivity contribution < 1.29 is 4.79 Å². The molecular formula is C26H26BrN3OS. The van der Waals surface area contributed by atoms with E-state index < -0.39 is 0 Å². The van der Waals surface area contributed by atoms with Crippen LogP contribution in [-0.4, -0.2) is 15.6 Å². The first-order valence-electron chi connectivity index (χ1n) is 10.5. The van der Waals surface area contributed by atoms with Crippen LogP contribution < -0.4 is 5.32 Å². The van der Waals surface area contributed by atoms with Crippen LogP contribution in [0.5, 0.6) is 0 Å². The van der Waals surface area contributed by atoms with Crippen molar-refractivity contribution in [3.05, 3.63) is 86.5 Å². The summed E-state index contributed by atoms with van der Waals surface area (Å²) >= 11 is 4.79. The highest BCUT2D eigenvalue weighted by Crippen LogP contribution is 2.31. The summed E-state index contributed by atoms with van der Waals surface area (Å²) in [5.74, 6) is -0.120. The monoisotopic (exact) mass is 507 g/mol. The molecule has 6 heteroatoms. The van der Waals surface area contributed by atoms with Crippen LogP contribution in [0.1, 0.15) is 43.3 Å². The highest BCUT2D eigenvalue weighted by Gasteiger charge is 2.24. The fraction of sp³-hybridized carbons (Fsp3) is 0.231. The minimum absolute atomic E-state index is 0.120. The standard InChI is InChI=1S/C26H26BrN3OS/c1-16-14-18(17(2)30(16)22-12-6-19(7-13-22)26(3,4)5)15-23-24(31)29-25(32-23)28-21-10-8-20(27)9-11-21/h6-15H,1-5H3,(H,28,29,31)/b23-15-. The molecule has 0 spiro atoms. The average molecular weight is 508 g/mol. The molecule has 1 fully saturated rings. The third-order valence-corrected chi connectivity index (χ3v) is 6.90. The molecule has 0 unspecified atom stereocenters. The molecule has 0 radical (unpaired) electrons. The molecule has 0 bridgehead atoms. The number of amidine groups is 1. The van der Waals surface area contributed by atoms with Crippen LogP contribution in [-0.2, 0) is 10.2 Å². The van der Waals surface area contributed by atoms with Crippen molar-refractivity contribution in [1.29, 1.82) is 0 Å². The molecule has 2 aromatic carbocycles. The summed E-state index contributed by atoms with van der Waals surface area (Å²) in [5, 5.41) is 3.46. The number of hydrogen-bond acceptors (Lipinski definition) is 3. The molecule has 2 heterocycles. The number of halogens is 1. The second-order valence-corrected chi connectivity index (χ2v) is 10.9. The Bertz CT molecular complexity index is 1230. The van der Waals surface area contributed by atoms with E-state index in [-0.39, 0.29) is 11.3 Å². The Morgan fingerprint density at radius 3 is 2.31 bits per heavy atom. The normalized spacial score (nSPS) is 16.8. The van der Waals surface area contributed by atoms with Gasteiger partial charge in [-0.15, -0.1) is 0 Å². The van der Waals surface area contributed by atoms with Crippen LogP contribution in [0.4, 0.5) is 5.69 Å². The van der Waals surface area contributed by atoms with Crippen molar-refractivity contribution in [2.45, 2.75) is 40.0 Å². The second-order valence-electron chi connectivity index (χ2n) is 8.92. The van der Waals surface area contributed by atoms with E-state index in [1.54, 1.807) is 0 Å². The summed E-state index contributed by atoms with van der Waals surface area (Å²) < 4.78 is 3.22. The van der Waals surface area contributed by atoms with E-state index in [1.165, 1.54) is 17.3 Å². The molecule has 4 rings (SSSR count). The lowest BCUT2D eigenvalue weighted by Gasteiger charge is -2.20. The van der Waals surface area contributed by atoms with E-state index in [0.29, 0.717) is 10.1 Å². The van der Waals surface area contributed by atoms with E-state index in [9.17, 15) is 4.79 Å². The average Bonchev–Trinajstić information content (AvgIpc) is 3.21. The summed E-state index contributed by atoms with van der Waals surface area (Å²) in [4.78, 5) is 17.7. The minimum Gasteiger partial charge on any atom is -0.318 e. The predicted molar refractivity (Wildman–Crippen MR) is 139 cm³/mol. The Kier molecular flexibility index (Phi) is 6.19. The maximum absolute atomic E-state index is 12.5. The van der Waals surface area contributed by atoms with Crippen LogP contribution in [0.15, 0.2) is 69.0 Å². The number of rotatable bonds is 3. The SMILES string of the molecule is Cc1cc(/C=C2\SC(=Nc3ccc(Br)cc3)NC2=O)c(C)n1-c1ccc(C(C)(C)C)cc1. The number of aryl methyl sites for hydroxylation is 1. The van der Waals surface area contributed by atoms with Crippen molar-refractivity contribution in [3.63, 3.8) is 0 Å². The zero-order chi connectivity index (χ0) is 23.0. The van der Waals surface area contributed by atoms with Gasteiger partial charge in [0.1, 0.15) is 0 Å². The fourth-order valence-corrected chi connectivity index (χ4v) is 4.79. The van der Waals surface area contributed by atoms with Gasteiger partial charge >= 0.3 is 0 Å². The molecule has 0 aliphatic carbocycles. The number of nitrogens with zero attached hydrogens (tertiary/aromatic N) is 2. The van der Waals surface area contributed by atoms with Gasteiger partial charge in [0.25, 0.3) is 5.91 Å². The van der Waals surface area contributed by atoms with Gasteiger partial charge < -0.3 is 9.88 Å². The van der Waals surface area contributed by atoms with Gasteiger partial charge in [0.05, 0.1) is 10.6 Å². The largest absolute Gasteiger partial charge is 0.318 e. The molecule has 0 atom stereocenters. The fourth-order valence-electron chi connectivity index (χ4n) is 3.70. The van der Waals surface area contributed by atoms with Crippen molar-refractivity contribution in [1.82, 2.24) is 9.88 Å². The Labute approximate surface area is 202 Å².